The lowest BCUT2D eigenvalue weighted by Crippen LogP contribution is -2.43. The smallest absolute Gasteiger partial charge is 0.326 e. The van der Waals surface area contributed by atoms with Crippen molar-refractivity contribution in [3.63, 3.8) is 0 Å². The van der Waals surface area contributed by atoms with Gasteiger partial charge in [0.1, 0.15) is 11.6 Å². The number of carboxylic acids is 1. The highest BCUT2D eigenvalue weighted by molar-refractivity contribution is 7.18. The molecule has 1 atom stereocenters. The van der Waals surface area contributed by atoms with Crippen LogP contribution in [-0.2, 0) is 14.3 Å². The van der Waals surface area contributed by atoms with Crippen molar-refractivity contribution in [3.8, 4) is 0 Å². The van der Waals surface area contributed by atoms with Gasteiger partial charge in [-0.3, -0.25) is 9.59 Å². The first-order chi connectivity index (χ1) is 9.58. The van der Waals surface area contributed by atoms with Crippen molar-refractivity contribution in [2.24, 2.45) is 0 Å². The van der Waals surface area contributed by atoms with Crippen molar-refractivity contribution >= 4 is 40.8 Å². The second-order valence-electron chi connectivity index (χ2n) is 5.26. The second-order valence-corrected chi connectivity index (χ2v) is 6.97. The van der Waals surface area contributed by atoms with Crippen LogP contribution >= 0.6 is 22.9 Å². The highest BCUT2D eigenvalue weighted by Gasteiger charge is 2.27. The molecule has 1 amide bonds. The van der Waals surface area contributed by atoms with E-state index in [1.54, 1.807) is 20.8 Å². The molecule has 6 nitrogen and oxygen atoms in total. The van der Waals surface area contributed by atoms with Crippen molar-refractivity contribution in [3.05, 3.63) is 21.3 Å². The predicted molar refractivity (Wildman–Crippen MR) is 78.7 cm³/mol. The van der Waals surface area contributed by atoms with E-state index in [1.807, 2.05) is 0 Å². The average molecular weight is 334 g/mol. The minimum atomic E-state index is -1.35. The molecule has 8 heteroatoms. The summed E-state index contributed by atoms with van der Waals surface area (Å²) in [5.74, 6) is -2.60. The Labute approximate surface area is 131 Å². The normalized spacial score (nSPS) is 12.6. The third kappa shape index (κ3) is 6.14. The maximum atomic E-state index is 11.9. The lowest BCUT2D eigenvalue weighted by Gasteiger charge is -2.21. The Kier molecular flexibility index (Phi) is 5.74. The first-order valence-electron chi connectivity index (χ1n) is 6.09. The molecule has 0 bridgehead atoms. The fraction of sp³-hybridized carbons (Fsp3) is 0.462. The lowest BCUT2D eigenvalue weighted by atomic mass is 10.1. The summed E-state index contributed by atoms with van der Waals surface area (Å²) in [6.45, 7) is 5.02. The van der Waals surface area contributed by atoms with E-state index < -0.39 is 35.9 Å². The van der Waals surface area contributed by atoms with Crippen molar-refractivity contribution in [1.29, 1.82) is 0 Å². The van der Waals surface area contributed by atoms with Crippen LogP contribution in [0.2, 0.25) is 4.34 Å². The van der Waals surface area contributed by atoms with Gasteiger partial charge in [0.05, 0.1) is 15.6 Å². The van der Waals surface area contributed by atoms with E-state index >= 15 is 0 Å². The molecular weight excluding hydrogens is 318 g/mol. The van der Waals surface area contributed by atoms with Gasteiger partial charge in [-0.25, -0.2) is 4.79 Å². The zero-order chi connectivity index (χ0) is 16.2. The number of aliphatic carboxylic acids is 1. The van der Waals surface area contributed by atoms with Gasteiger partial charge in [0, 0.05) is 0 Å². The third-order valence-corrected chi connectivity index (χ3v) is 3.42. The number of ether oxygens (including phenoxy) is 1. The van der Waals surface area contributed by atoms with Gasteiger partial charge in [0.15, 0.2) is 0 Å². The Balaban J connectivity index is 2.68. The molecule has 0 fully saturated rings. The first-order valence-corrected chi connectivity index (χ1v) is 7.29. The fourth-order valence-electron chi connectivity index (χ4n) is 1.42. The number of halogens is 1. The number of amides is 1. The van der Waals surface area contributed by atoms with Crippen LogP contribution in [0.15, 0.2) is 12.1 Å². The number of hydrogen-bond acceptors (Lipinski definition) is 5. The summed E-state index contributed by atoms with van der Waals surface area (Å²) in [6, 6.07) is 1.66. The number of carbonyl (C=O) groups excluding carboxylic acids is 2. The van der Waals surface area contributed by atoms with Gasteiger partial charge in [-0.2, -0.15) is 0 Å². The molecule has 1 aromatic rings. The standard InChI is InChI=1S/C13H16ClNO5S/c1-13(2,3)20-10(16)6-7(12(18)19)15-11(17)8-4-5-9(14)21-8/h4-5,7H,6H2,1-3H3,(H,15,17)(H,18,19)/t7-/m0/s1. The van der Waals surface area contributed by atoms with E-state index in [9.17, 15) is 14.4 Å². The summed E-state index contributed by atoms with van der Waals surface area (Å²) in [4.78, 5) is 34.9. The Hall–Kier alpha value is -1.60. The molecule has 0 aliphatic carbocycles. The summed E-state index contributed by atoms with van der Waals surface area (Å²) in [5.41, 5.74) is -0.717. The summed E-state index contributed by atoms with van der Waals surface area (Å²) in [7, 11) is 0. The highest BCUT2D eigenvalue weighted by Crippen LogP contribution is 2.21. The fourth-order valence-corrected chi connectivity index (χ4v) is 2.36. The Morgan fingerprint density at radius 3 is 2.43 bits per heavy atom. The molecule has 0 unspecified atom stereocenters. The molecule has 0 aliphatic rings. The summed E-state index contributed by atoms with van der Waals surface area (Å²) < 4.78 is 5.45. The monoisotopic (exact) mass is 333 g/mol. The van der Waals surface area contributed by atoms with E-state index in [1.165, 1.54) is 12.1 Å². The molecule has 116 valence electrons. The number of esters is 1. The predicted octanol–water partition coefficient (Wildman–Crippen LogP) is 2.32. The van der Waals surface area contributed by atoms with Crippen molar-refractivity contribution in [1.82, 2.24) is 5.32 Å². The number of hydrogen-bond donors (Lipinski definition) is 2. The van der Waals surface area contributed by atoms with Crippen LogP contribution in [0.1, 0.15) is 36.9 Å². The third-order valence-electron chi connectivity index (χ3n) is 2.19. The van der Waals surface area contributed by atoms with Crippen LogP contribution in [0.5, 0.6) is 0 Å². The largest absolute Gasteiger partial charge is 0.480 e. The van der Waals surface area contributed by atoms with E-state index in [2.05, 4.69) is 5.32 Å². The highest BCUT2D eigenvalue weighted by atomic mass is 35.5. The average Bonchev–Trinajstić information content (AvgIpc) is 2.72. The van der Waals surface area contributed by atoms with Gasteiger partial charge < -0.3 is 15.2 Å². The lowest BCUT2D eigenvalue weighted by molar-refractivity contribution is -0.158. The van der Waals surface area contributed by atoms with E-state index in [-0.39, 0.29) is 4.88 Å². The summed E-state index contributed by atoms with van der Waals surface area (Å²) in [6.07, 6.45) is -0.447. The maximum Gasteiger partial charge on any atom is 0.326 e. The number of nitrogens with one attached hydrogen (secondary N) is 1. The van der Waals surface area contributed by atoms with Gasteiger partial charge in [-0.05, 0) is 32.9 Å². The van der Waals surface area contributed by atoms with Crippen LogP contribution in [0.25, 0.3) is 0 Å². The minimum absolute atomic E-state index is 0.274. The second kappa shape index (κ2) is 6.91. The van der Waals surface area contributed by atoms with Crippen LogP contribution in [0, 0.1) is 0 Å². The van der Waals surface area contributed by atoms with Crippen LogP contribution in [0.4, 0.5) is 0 Å². The molecule has 1 heterocycles. The molecule has 0 aromatic carbocycles. The molecule has 1 rings (SSSR count). The van der Waals surface area contributed by atoms with Crippen molar-refractivity contribution < 1.29 is 24.2 Å². The Morgan fingerprint density at radius 2 is 2.00 bits per heavy atom. The maximum absolute atomic E-state index is 11.9. The van der Waals surface area contributed by atoms with Crippen molar-refractivity contribution in [2.75, 3.05) is 0 Å². The Bertz CT molecular complexity index is 549. The van der Waals surface area contributed by atoms with Gasteiger partial charge >= 0.3 is 11.9 Å². The molecule has 0 aliphatic heterocycles. The Morgan fingerprint density at radius 1 is 1.38 bits per heavy atom. The molecular formula is C13H16ClNO5S. The van der Waals surface area contributed by atoms with E-state index in [4.69, 9.17) is 21.4 Å². The van der Waals surface area contributed by atoms with Crippen molar-refractivity contribution in [2.45, 2.75) is 38.8 Å². The number of carboxylic acid groups (broad SMARTS) is 1. The van der Waals surface area contributed by atoms with Gasteiger partial charge in [0.25, 0.3) is 5.91 Å². The zero-order valence-corrected chi connectivity index (χ0v) is 13.4. The van der Waals surface area contributed by atoms with Crippen LogP contribution in [-0.4, -0.2) is 34.6 Å². The molecule has 0 spiro atoms. The molecule has 0 radical (unpaired) electrons. The van der Waals surface area contributed by atoms with Gasteiger partial charge in [-0.15, -0.1) is 11.3 Å². The topological polar surface area (TPSA) is 92.7 Å². The molecule has 0 saturated heterocycles. The minimum Gasteiger partial charge on any atom is -0.480 e. The summed E-state index contributed by atoms with van der Waals surface area (Å²) >= 11 is 6.73. The number of thiophene rings is 1. The quantitative estimate of drug-likeness (QED) is 0.807. The van der Waals surface area contributed by atoms with Crippen LogP contribution in [0.3, 0.4) is 0 Å². The molecule has 1 aromatic heterocycles. The first kappa shape index (κ1) is 17.5. The molecule has 2 N–H and O–H groups in total. The van der Waals surface area contributed by atoms with E-state index in [0.29, 0.717) is 4.34 Å². The van der Waals surface area contributed by atoms with Gasteiger partial charge in [0.2, 0.25) is 0 Å². The SMILES string of the molecule is CC(C)(C)OC(=O)C[C@H](NC(=O)c1ccc(Cl)s1)C(=O)O. The molecule has 21 heavy (non-hydrogen) atoms. The number of carbonyl (C=O) groups is 3. The molecule has 0 saturated carbocycles. The van der Waals surface area contributed by atoms with Crippen LogP contribution < -0.4 is 5.32 Å². The zero-order valence-electron chi connectivity index (χ0n) is 11.8. The number of rotatable bonds is 5. The summed E-state index contributed by atoms with van der Waals surface area (Å²) in [5, 5.41) is 11.4. The van der Waals surface area contributed by atoms with E-state index in [0.717, 1.165) is 11.3 Å². The van der Waals surface area contributed by atoms with Gasteiger partial charge in [-0.1, -0.05) is 11.6 Å².